The van der Waals surface area contributed by atoms with Gasteiger partial charge in [0.2, 0.25) is 0 Å². The van der Waals surface area contributed by atoms with Gasteiger partial charge in [0.15, 0.2) is 5.78 Å². The smallest absolute Gasteiger partial charge is 0.295 e. The molecule has 0 saturated heterocycles. The number of ketones is 1. The molecule has 5 rings (SSSR count). The summed E-state index contributed by atoms with van der Waals surface area (Å²) in [5.41, 5.74) is -7.08. The number of carbonyl (C=O) groups excluding carboxylic acids is 2. The molecule has 1 amide bonds. The minimum absolute atomic E-state index is 0.0186. The van der Waals surface area contributed by atoms with Crippen LogP contribution in [0.5, 0.6) is 0 Å². The van der Waals surface area contributed by atoms with Gasteiger partial charge in [-0.1, -0.05) is 54.0 Å². The van der Waals surface area contributed by atoms with E-state index in [0.717, 1.165) is 24.8 Å². The van der Waals surface area contributed by atoms with Crippen molar-refractivity contribution in [1.82, 2.24) is 9.79 Å². The SMILES string of the molecule is CN(O)C(=O)[C@@]1(C)CC[C@]2(C)CC[C@]3(C)C(=CC(=O)[C@@H]4[C@@]5(C)CC[C@@H](NS(=O)(=O)C(F)(F)F)C(C)(C)[C@@H]5CC[C@]43C)[C@@H]2C1. The normalized spacial score (nSPS) is 46.0. The molecule has 2 N–H and O–H groups in total. The zero-order valence-corrected chi connectivity index (χ0v) is 27.6. The molecule has 5 aliphatic carbocycles. The molecule has 4 saturated carbocycles. The van der Waals surface area contributed by atoms with E-state index in [2.05, 4.69) is 27.7 Å². The van der Waals surface area contributed by atoms with Crippen molar-refractivity contribution in [1.29, 1.82) is 0 Å². The highest BCUT2D eigenvalue weighted by atomic mass is 32.2. The van der Waals surface area contributed by atoms with Gasteiger partial charge in [-0.2, -0.15) is 13.2 Å². The van der Waals surface area contributed by atoms with E-state index in [9.17, 15) is 36.4 Å². The molecule has 244 valence electrons. The fourth-order valence-corrected chi connectivity index (χ4v) is 12.2. The summed E-state index contributed by atoms with van der Waals surface area (Å²) in [6, 6.07) is -0.889. The van der Waals surface area contributed by atoms with Crippen LogP contribution in [0.25, 0.3) is 0 Å². The van der Waals surface area contributed by atoms with E-state index in [4.69, 9.17) is 0 Å². The monoisotopic (exact) mass is 630 g/mol. The Morgan fingerprint density at radius 2 is 1.58 bits per heavy atom. The maximum Gasteiger partial charge on any atom is 0.511 e. The molecule has 0 radical (unpaired) electrons. The quantitative estimate of drug-likeness (QED) is 0.269. The Balaban J connectivity index is 1.53. The fourth-order valence-electron chi connectivity index (χ4n) is 11.2. The number of hydrogen-bond donors (Lipinski definition) is 2. The van der Waals surface area contributed by atoms with Gasteiger partial charge in [0.05, 0.1) is 0 Å². The molecule has 7 nitrogen and oxygen atoms in total. The number of halogens is 3. The van der Waals surface area contributed by atoms with Gasteiger partial charge in [0.1, 0.15) is 0 Å². The second-order valence-electron chi connectivity index (χ2n) is 16.6. The standard InChI is InChI=1S/C32H49F3N2O5S/c1-26(2)22-9-12-31(7)24(29(22,5)11-10-23(26)36-43(41,42)32(33,34)35)21(38)17-19-20-18-28(4,25(39)37(8)40)14-13-27(20,3)15-16-30(19,31)6/h17,20,22-24,36,40H,9-16,18H2,1-8H3/t20-,22-,23+,24+,27+,28-,29-,30+,31+/m0/s1. The Bertz CT molecular complexity index is 1360. The minimum Gasteiger partial charge on any atom is -0.295 e. The lowest BCUT2D eigenvalue weighted by molar-refractivity contribution is -0.190. The van der Waals surface area contributed by atoms with Crippen molar-refractivity contribution in [2.24, 2.45) is 50.2 Å². The zero-order valence-electron chi connectivity index (χ0n) is 26.8. The maximum atomic E-state index is 14.5. The van der Waals surface area contributed by atoms with E-state index < -0.39 is 43.2 Å². The van der Waals surface area contributed by atoms with Crippen molar-refractivity contribution in [3.8, 4) is 0 Å². The number of nitrogens with one attached hydrogen (secondary N) is 1. The van der Waals surface area contributed by atoms with Crippen molar-refractivity contribution >= 4 is 21.7 Å². The van der Waals surface area contributed by atoms with E-state index in [1.54, 1.807) is 0 Å². The molecule has 0 aromatic rings. The number of hydroxylamine groups is 2. The first-order valence-electron chi connectivity index (χ1n) is 15.7. The van der Waals surface area contributed by atoms with Crippen molar-refractivity contribution in [3.05, 3.63) is 11.6 Å². The second-order valence-corrected chi connectivity index (χ2v) is 18.3. The molecular formula is C32H49F3N2O5S. The third kappa shape index (κ3) is 4.43. The second kappa shape index (κ2) is 9.53. The predicted molar refractivity (Wildman–Crippen MR) is 156 cm³/mol. The highest BCUT2D eigenvalue weighted by molar-refractivity contribution is 7.90. The summed E-state index contributed by atoms with van der Waals surface area (Å²) >= 11 is 0. The van der Waals surface area contributed by atoms with E-state index in [-0.39, 0.29) is 46.7 Å². The maximum absolute atomic E-state index is 14.5. The molecule has 0 aromatic carbocycles. The van der Waals surface area contributed by atoms with Gasteiger partial charge in [-0.15, -0.1) is 0 Å². The van der Waals surface area contributed by atoms with Crippen LogP contribution in [-0.4, -0.2) is 49.0 Å². The first-order chi connectivity index (χ1) is 19.4. The number of alkyl halides is 3. The van der Waals surface area contributed by atoms with Crippen LogP contribution in [0.1, 0.15) is 106 Å². The first kappa shape index (κ1) is 32.9. The molecule has 11 heteroatoms. The predicted octanol–water partition coefficient (Wildman–Crippen LogP) is 6.62. The number of nitrogens with zero attached hydrogens (tertiary/aromatic N) is 1. The van der Waals surface area contributed by atoms with E-state index in [1.165, 1.54) is 7.05 Å². The third-order valence-corrected chi connectivity index (χ3v) is 15.2. The summed E-state index contributed by atoms with van der Waals surface area (Å²) in [7, 11) is -4.14. The average Bonchev–Trinajstić information content (AvgIpc) is 2.86. The Hall–Kier alpha value is -1.46. The molecule has 0 aliphatic heterocycles. The summed E-state index contributed by atoms with van der Waals surface area (Å²) in [5.74, 6) is -0.738. The number of allylic oxidation sites excluding steroid dienone is 2. The Kier molecular flexibility index (Phi) is 7.30. The summed E-state index contributed by atoms with van der Waals surface area (Å²) in [4.78, 5) is 27.6. The van der Waals surface area contributed by atoms with Gasteiger partial charge in [-0.25, -0.2) is 18.2 Å². The Morgan fingerprint density at radius 1 is 0.977 bits per heavy atom. The summed E-state index contributed by atoms with van der Waals surface area (Å²) in [6.45, 7) is 14.5. The van der Waals surface area contributed by atoms with Crippen molar-refractivity contribution in [2.75, 3.05) is 7.05 Å². The van der Waals surface area contributed by atoms with Crippen LogP contribution in [-0.2, 0) is 19.6 Å². The molecule has 0 heterocycles. The highest BCUT2D eigenvalue weighted by Gasteiger charge is 2.70. The van der Waals surface area contributed by atoms with Crippen molar-refractivity contribution < 1.29 is 36.4 Å². The molecular weight excluding hydrogens is 581 g/mol. The molecule has 0 bridgehead atoms. The molecule has 43 heavy (non-hydrogen) atoms. The van der Waals surface area contributed by atoms with Crippen LogP contribution < -0.4 is 4.72 Å². The van der Waals surface area contributed by atoms with E-state index in [0.29, 0.717) is 37.2 Å². The first-order valence-corrected chi connectivity index (χ1v) is 17.2. The Morgan fingerprint density at radius 3 is 2.16 bits per heavy atom. The van der Waals surface area contributed by atoms with Crippen LogP contribution in [0, 0.1) is 50.2 Å². The molecule has 0 spiro atoms. The van der Waals surface area contributed by atoms with Gasteiger partial charge in [-0.05, 0) is 103 Å². The largest absolute Gasteiger partial charge is 0.511 e. The lowest BCUT2D eigenvalue weighted by Gasteiger charge is -2.70. The average molecular weight is 631 g/mol. The summed E-state index contributed by atoms with van der Waals surface area (Å²) in [5, 5.41) is 10.7. The highest BCUT2D eigenvalue weighted by Crippen LogP contribution is 2.75. The van der Waals surface area contributed by atoms with Crippen molar-refractivity contribution in [2.45, 2.75) is 118 Å². The number of carbonyl (C=O) groups is 2. The number of amides is 1. The molecule has 4 fully saturated rings. The number of fused-ring (bicyclic) bond motifs is 7. The van der Waals surface area contributed by atoms with Crippen molar-refractivity contribution in [3.63, 3.8) is 0 Å². The minimum atomic E-state index is -5.51. The van der Waals surface area contributed by atoms with Crippen LogP contribution >= 0.6 is 0 Å². The lowest BCUT2D eigenvalue weighted by Crippen LogP contribution is -2.68. The van der Waals surface area contributed by atoms with Gasteiger partial charge in [0, 0.05) is 24.4 Å². The summed E-state index contributed by atoms with van der Waals surface area (Å²) in [6.07, 6.45) is 7.88. The zero-order chi connectivity index (χ0) is 32.4. The number of hydrogen-bond acceptors (Lipinski definition) is 5. The van der Waals surface area contributed by atoms with Crippen LogP contribution in [0.3, 0.4) is 0 Å². The number of sulfonamides is 1. The fraction of sp³-hybridized carbons (Fsp3) is 0.875. The molecule has 0 unspecified atom stereocenters. The molecule has 9 atom stereocenters. The Labute approximate surface area is 254 Å². The van der Waals surface area contributed by atoms with Gasteiger partial charge >= 0.3 is 15.5 Å². The van der Waals surface area contributed by atoms with Crippen LogP contribution in [0.15, 0.2) is 11.6 Å². The van der Waals surface area contributed by atoms with Gasteiger partial charge in [-0.3, -0.25) is 14.8 Å². The van der Waals surface area contributed by atoms with Gasteiger partial charge < -0.3 is 0 Å². The van der Waals surface area contributed by atoms with E-state index in [1.807, 2.05) is 31.6 Å². The molecule has 0 aromatic heterocycles. The van der Waals surface area contributed by atoms with Crippen LogP contribution in [0.2, 0.25) is 0 Å². The third-order valence-electron chi connectivity index (χ3n) is 14.0. The lowest BCUT2D eigenvalue weighted by atomic mass is 9.33. The number of rotatable bonds is 3. The topological polar surface area (TPSA) is 104 Å². The van der Waals surface area contributed by atoms with Gasteiger partial charge in [0.25, 0.3) is 5.91 Å². The van der Waals surface area contributed by atoms with Crippen LogP contribution in [0.4, 0.5) is 13.2 Å². The summed E-state index contributed by atoms with van der Waals surface area (Å²) < 4.78 is 66.1. The molecule has 5 aliphatic rings. The van der Waals surface area contributed by atoms with E-state index >= 15 is 0 Å².